The summed E-state index contributed by atoms with van der Waals surface area (Å²) in [5.74, 6) is 0.588. The second kappa shape index (κ2) is 6.65. The molecule has 0 unspecified atom stereocenters. The number of aryl methyl sites for hydroxylation is 1. The summed E-state index contributed by atoms with van der Waals surface area (Å²) in [7, 11) is 0. The van der Waals surface area contributed by atoms with E-state index < -0.39 is 4.92 Å². The Hall–Kier alpha value is -2.70. The number of aromatic nitrogens is 2. The van der Waals surface area contributed by atoms with Crippen LogP contribution in [0, 0.1) is 17.0 Å². The van der Waals surface area contributed by atoms with Gasteiger partial charge >= 0.3 is 5.69 Å². The van der Waals surface area contributed by atoms with E-state index in [1.807, 2.05) is 38.1 Å². The van der Waals surface area contributed by atoms with Crippen molar-refractivity contribution in [2.75, 3.05) is 17.2 Å². The van der Waals surface area contributed by atoms with E-state index in [0.717, 1.165) is 11.1 Å². The number of hydrogen-bond acceptors (Lipinski definition) is 6. The number of nitrogens with zero attached hydrogens (tertiary/aromatic N) is 3. The fourth-order valence-electron chi connectivity index (χ4n) is 1.87. The zero-order chi connectivity index (χ0) is 15.2. The van der Waals surface area contributed by atoms with E-state index in [0.29, 0.717) is 19.0 Å². The summed E-state index contributed by atoms with van der Waals surface area (Å²) in [6.45, 7) is 5.02. The van der Waals surface area contributed by atoms with Crippen LogP contribution in [0.1, 0.15) is 18.1 Å². The fourth-order valence-corrected chi connectivity index (χ4v) is 1.87. The minimum atomic E-state index is -0.490. The quantitative estimate of drug-likeness (QED) is 0.627. The summed E-state index contributed by atoms with van der Waals surface area (Å²) in [6.07, 6.45) is 1.21. The minimum Gasteiger partial charge on any atom is -0.360 e. The van der Waals surface area contributed by atoms with Crippen LogP contribution in [0.5, 0.6) is 0 Å². The van der Waals surface area contributed by atoms with Gasteiger partial charge in [0.2, 0.25) is 11.8 Å². The third kappa shape index (κ3) is 3.65. The lowest BCUT2D eigenvalue weighted by Gasteiger charge is -2.09. The highest BCUT2D eigenvalue weighted by Crippen LogP contribution is 2.23. The maximum atomic E-state index is 11.0. The molecule has 1 aromatic heterocycles. The van der Waals surface area contributed by atoms with Crippen LogP contribution in [0.2, 0.25) is 0 Å². The van der Waals surface area contributed by atoms with Crippen LogP contribution in [0.15, 0.2) is 30.5 Å². The first-order valence-corrected chi connectivity index (χ1v) is 6.65. The first kappa shape index (κ1) is 14.7. The maximum Gasteiger partial charge on any atom is 0.329 e. The molecule has 1 aromatic carbocycles. The molecule has 21 heavy (non-hydrogen) atoms. The van der Waals surface area contributed by atoms with Gasteiger partial charge in [0.05, 0.1) is 4.92 Å². The summed E-state index contributed by atoms with van der Waals surface area (Å²) >= 11 is 0. The van der Waals surface area contributed by atoms with Crippen LogP contribution in [0.3, 0.4) is 0 Å². The topological polar surface area (TPSA) is 93.0 Å². The van der Waals surface area contributed by atoms with E-state index in [1.54, 1.807) is 0 Å². The summed E-state index contributed by atoms with van der Waals surface area (Å²) in [6, 6.07) is 7.85. The molecule has 0 aliphatic rings. The average molecular weight is 287 g/mol. The highest BCUT2D eigenvalue weighted by atomic mass is 16.6. The van der Waals surface area contributed by atoms with Crippen molar-refractivity contribution < 1.29 is 4.92 Å². The number of benzene rings is 1. The van der Waals surface area contributed by atoms with Crippen molar-refractivity contribution in [3.05, 3.63) is 51.7 Å². The van der Waals surface area contributed by atoms with E-state index in [1.165, 1.54) is 6.20 Å². The lowest BCUT2D eigenvalue weighted by atomic mass is 10.1. The van der Waals surface area contributed by atoms with Crippen LogP contribution in [0.25, 0.3) is 0 Å². The lowest BCUT2D eigenvalue weighted by molar-refractivity contribution is -0.384. The van der Waals surface area contributed by atoms with Crippen molar-refractivity contribution in [2.45, 2.75) is 20.4 Å². The summed E-state index contributed by atoms with van der Waals surface area (Å²) in [5.41, 5.74) is 2.05. The molecule has 2 aromatic rings. The maximum absolute atomic E-state index is 11.0. The number of nitro groups is 1. The van der Waals surface area contributed by atoms with Crippen molar-refractivity contribution in [3.63, 3.8) is 0 Å². The molecule has 0 aliphatic carbocycles. The van der Waals surface area contributed by atoms with E-state index in [4.69, 9.17) is 0 Å². The van der Waals surface area contributed by atoms with Crippen molar-refractivity contribution in [1.29, 1.82) is 0 Å². The Morgan fingerprint density at radius 1 is 1.29 bits per heavy atom. The van der Waals surface area contributed by atoms with Gasteiger partial charge in [-0.3, -0.25) is 10.1 Å². The summed E-state index contributed by atoms with van der Waals surface area (Å²) in [5, 5.41) is 17.0. The minimum absolute atomic E-state index is 0.134. The Kier molecular flexibility index (Phi) is 4.65. The van der Waals surface area contributed by atoms with E-state index in [2.05, 4.69) is 20.6 Å². The van der Waals surface area contributed by atoms with Gasteiger partial charge in [0, 0.05) is 13.1 Å². The molecule has 110 valence electrons. The van der Waals surface area contributed by atoms with Crippen molar-refractivity contribution in [2.24, 2.45) is 0 Å². The Bertz CT molecular complexity index is 645. The molecular weight excluding hydrogens is 270 g/mol. The van der Waals surface area contributed by atoms with Gasteiger partial charge in [-0.05, 0) is 25.0 Å². The smallest absolute Gasteiger partial charge is 0.329 e. The van der Waals surface area contributed by atoms with Gasteiger partial charge in [0.25, 0.3) is 0 Å². The molecule has 0 radical (unpaired) electrons. The first-order chi connectivity index (χ1) is 10.1. The molecule has 0 amide bonds. The standard InChI is InChI=1S/C14H17N5O2/c1-3-15-14-17-9-12(19(20)21)13(18-14)16-8-11-7-5-4-6-10(11)2/h4-7,9H,3,8H2,1-2H3,(H2,15,16,17,18). The molecule has 2 rings (SSSR count). The molecule has 0 fully saturated rings. The van der Waals surface area contributed by atoms with Crippen LogP contribution >= 0.6 is 0 Å². The zero-order valence-electron chi connectivity index (χ0n) is 12.0. The largest absolute Gasteiger partial charge is 0.360 e. The van der Waals surface area contributed by atoms with Gasteiger partial charge in [-0.15, -0.1) is 0 Å². The molecule has 0 saturated heterocycles. The molecule has 2 N–H and O–H groups in total. The third-order valence-electron chi connectivity index (χ3n) is 3.01. The van der Waals surface area contributed by atoms with Crippen molar-refractivity contribution in [1.82, 2.24) is 9.97 Å². The molecular formula is C14H17N5O2. The zero-order valence-corrected chi connectivity index (χ0v) is 12.0. The number of nitrogens with one attached hydrogen (secondary N) is 2. The molecule has 7 nitrogen and oxygen atoms in total. The number of anilines is 2. The van der Waals surface area contributed by atoms with Crippen LogP contribution in [-0.2, 0) is 6.54 Å². The number of rotatable bonds is 6. The molecule has 0 aliphatic heterocycles. The SMILES string of the molecule is CCNc1ncc([N+](=O)[O-])c(NCc2ccccc2C)n1. The molecule has 0 bridgehead atoms. The third-order valence-corrected chi connectivity index (χ3v) is 3.01. The van der Waals surface area contributed by atoms with Gasteiger partial charge in [-0.1, -0.05) is 24.3 Å². The Morgan fingerprint density at radius 2 is 2.05 bits per heavy atom. The van der Waals surface area contributed by atoms with Crippen molar-refractivity contribution in [3.8, 4) is 0 Å². The van der Waals surface area contributed by atoms with Crippen LogP contribution < -0.4 is 10.6 Å². The molecule has 7 heteroatoms. The molecule has 1 heterocycles. The average Bonchev–Trinajstić information content (AvgIpc) is 2.46. The first-order valence-electron chi connectivity index (χ1n) is 6.65. The molecule has 0 saturated carbocycles. The molecule has 0 atom stereocenters. The molecule has 0 spiro atoms. The Labute approximate surface area is 122 Å². The predicted molar refractivity (Wildman–Crippen MR) is 81.4 cm³/mol. The highest BCUT2D eigenvalue weighted by molar-refractivity contribution is 5.57. The monoisotopic (exact) mass is 287 g/mol. The second-order valence-electron chi connectivity index (χ2n) is 4.49. The Balaban J connectivity index is 2.22. The van der Waals surface area contributed by atoms with Crippen LogP contribution in [0.4, 0.5) is 17.5 Å². The van der Waals surface area contributed by atoms with Gasteiger partial charge in [-0.2, -0.15) is 4.98 Å². The van der Waals surface area contributed by atoms with Crippen LogP contribution in [-0.4, -0.2) is 21.4 Å². The predicted octanol–water partition coefficient (Wildman–Crippen LogP) is 2.74. The van der Waals surface area contributed by atoms with Gasteiger partial charge in [0.15, 0.2) is 0 Å². The highest BCUT2D eigenvalue weighted by Gasteiger charge is 2.17. The van der Waals surface area contributed by atoms with E-state index >= 15 is 0 Å². The fraction of sp³-hybridized carbons (Fsp3) is 0.286. The summed E-state index contributed by atoms with van der Waals surface area (Å²) < 4.78 is 0. The second-order valence-corrected chi connectivity index (χ2v) is 4.49. The number of hydrogen-bond donors (Lipinski definition) is 2. The summed E-state index contributed by atoms with van der Waals surface area (Å²) in [4.78, 5) is 18.6. The van der Waals surface area contributed by atoms with Gasteiger partial charge < -0.3 is 10.6 Å². The van der Waals surface area contributed by atoms with Gasteiger partial charge in [0.1, 0.15) is 6.20 Å². The van der Waals surface area contributed by atoms with E-state index in [-0.39, 0.29) is 11.5 Å². The van der Waals surface area contributed by atoms with E-state index in [9.17, 15) is 10.1 Å². The normalized spacial score (nSPS) is 10.2. The van der Waals surface area contributed by atoms with Gasteiger partial charge in [-0.25, -0.2) is 4.98 Å². The van der Waals surface area contributed by atoms with Crippen molar-refractivity contribution >= 4 is 17.5 Å². The lowest BCUT2D eigenvalue weighted by Crippen LogP contribution is -2.09. The Morgan fingerprint density at radius 3 is 2.71 bits per heavy atom.